The zero-order valence-electron chi connectivity index (χ0n) is 14.7. The lowest BCUT2D eigenvalue weighted by molar-refractivity contribution is 0.0770. The number of benzene rings is 1. The largest absolute Gasteiger partial charge is 0.479 e. The number of fused-ring (bicyclic) bond motifs is 1. The second kappa shape index (κ2) is 8.29. The molecule has 0 aliphatic carbocycles. The molecule has 0 fully saturated rings. The van der Waals surface area contributed by atoms with Gasteiger partial charge in [-0.1, -0.05) is 17.7 Å². The highest BCUT2D eigenvalue weighted by atomic mass is 35.5. The van der Waals surface area contributed by atoms with E-state index in [1.807, 2.05) is 0 Å². The molecular weight excluding hydrogens is 435 g/mol. The van der Waals surface area contributed by atoms with Gasteiger partial charge in [-0.3, -0.25) is 9.71 Å². The van der Waals surface area contributed by atoms with E-state index in [0.29, 0.717) is 15.8 Å². The maximum Gasteiger partial charge on any atom is 0.272 e. The van der Waals surface area contributed by atoms with Gasteiger partial charge in [0.2, 0.25) is 5.88 Å². The number of alkyl halides is 2. The van der Waals surface area contributed by atoms with Gasteiger partial charge in [0.1, 0.15) is 10.6 Å². The molecule has 2 heterocycles. The average Bonchev–Trinajstić information content (AvgIpc) is 2.66. The molecule has 0 amide bonds. The number of nitrogens with zero attached hydrogens (tertiary/aromatic N) is 2. The van der Waals surface area contributed by atoms with Gasteiger partial charge in [0.25, 0.3) is 22.3 Å². The fraction of sp³-hybridized carbons (Fsp3) is 0.176. The number of nitrogens with one attached hydrogen (secondary N) is 1. The number of methoxy groups -OCH3 is 1. The molecule has 2 aromatic heterocycles. The van der Waals surface area contributed by atoms with Gasteiger partial charge in [-0.25, -0.2) is 21.6 Å². The van der Waals surface area contributed by atoms with Gasteiger partial charge in [-0.2, -0.15) is 4.98 Å². The Morgan fingerprint density at radius 2 is 1.97 bits per heavy atom. The van der Waals surface area contributed by atoms with Gasteiger partial charge in [-0.05, 0) is 12.1 Å². The molecule has 0 saturated carbocycles. The Balaban J connectivity index is 2.00. The summed E-state index contributed by atoms with van der Waals surface area (Å²) in [6.07, 6.45) is -0.278. The van der Waals surface area contributed by atoms with Gasteiger partial charge in [0.05, 0.1) is 7.11 Å². The topological polar surface area (TPSA) is 90.4 Å². The Morgan fingerprint density at radius 3 is 2.66 bits per heavy atom. The van der Waals surface area contributed by atoms with E-state index >= 15 is 0 Å². The van der Waals surface area contributed by atoms with Crippen LogP contribution in [0.3, 0.4) is 0 Å². The van der Waals surface area contributed by atoms with Crippen molar-refractivity contribution < 1.29 is 31.1 Å². The number of anilines is 1. The van der Waals surface area contributed by atoms with E-state index in [1.165, 1.54) is 18.3 Å². The molecule has 3 rings (SSSR count). The van der Waals surface area contributed by atoms with Crippen molar-refractivity contribution >= 4 is 38.1 Å². The molecule has 0 aliphatic heterocycles. The zero-order chi connectivity index (χ0) is 21.2. The first-order valence-electron chi connectivity index (χ1n) is 7.93. The minimum Gasteiger partial charge on any atom is -0.479 e. The van der Waals surface area contributed by atoms with E-state index in [4.69, 9.17) is 16.3 Å². The van der Waals surface area contributed by atoms with E-state index < -0.39 is 34.8 Å². The molecule has 7 nitrogen and oxygen atoms in total. The summed E-state index contributed by atoms with van der Waals surface area (Å²) in [6, 6.07) is 5.28. The van der Waals surface area contributed by atoms with Crippen molar-refractivity contribution in [3.8, 4) is 11.8 Å². The first-order chi connectivity index (χ1) is 13.7. The van der Waals surface area contributed by atoms with E-state index in [0.717, 1.165) is 19.4 Å². The summed E-state index contributed by atoms with van der Waals surface area (Å²) in [5.74, 6) is -2.26. The van der Waals surface area contributed by atoms with Gasteiger partial charge >= 0.3 is 0 Å². The third-order valence-electron chi connectivity index (χ3n) is 3.67. The van der Waals surface area contributed by atoms with Gasteiger partial charge < -0.3 is 9.47 Å². The third-order valence-corrected chi connectivity index (χ3v) is 5.29. The van der Waals surface area contributed by atoms with Crippen LogP contribution in [-0.4, -0.2) is 38.5 Å². The van der Waals surface area contributed by atoms with Crippen LogP contribution in [0.15, 0.2) is 41.6 Å². The van der Waals surface area contributed by atoms with Crippen molar-refractivity contribution in [2.75, 3.05) is 18.4 Å². The number of ether oxygens (including phenoxy) is 2. The van der Waals surface area contributed by atoms with Crippen molar-refractivity contribution in [2.24, 2.45) is 0 Å². The molecular formula is C17H13ClF3N3O4S. The smallest absolute Gasteiger partial charge is 0.272 e. The fourth-order valence-corrected chi connectivity index (χ4v) is 3.86. The summed E-state index contributed by atoms with van der Waals surface area (Å²) in [5.41, 5.74) is -0.347. The van der Waals surface area contributed by atoms with Crippen molar-refractivity contribution in [1.29, 1.82) is 0 Å². The molecule has 1 N–H and O–H groups in total. The Kier molecular flexibility index (Phi) is 5.99. The average molecular weight is 448 g/mol. The number of sulfonamides is 1. The maximum atomic E-state index is 14.1. The highest BCUT2D eigenvalue weighted by Crippen LogP contribution is 2.32. The SMILES string of the molecule is COc1nc(OCC(F)F)c(F)cc1NS(=O)(=O)c1cncc2cc(Cl)ccc12. The minimum absolute atomic E-state index is 0.188. The van der Waals surface area contributed by atoms with E-state index in [-0.39, 0.29) is 16.5 Å². The van der Waals surface area contributed by atoms with Crippen LogP contribution in [0.2, 0.25) is 5.02 Å². The Bertz CT molecular complexity index is 1160. The van der Waals surface area contributed by atoms with E-state index in [2.05, 4.69) is 19.4 Å². The van der Waals surface area contributed by atoms with Crippen molar-refractivity contribution in [2.45, 2.75) is 11.3 Å². The predicted molar refractivity (Wildman–Crippen MR) is 99.8 cm³/mol. The van der Waals surface area contributed by atoms with Crippen LogP contribution in [0.4, 0.5) is 18.9 Å². The minimum atomic E-state index is -4.24. The number of halogens is 4. The lowest BCUT2D eigenvalue weighted by atomic mass is 10.2. The molecule has 0 aliphatic rings. The molecule has 12 heteroatoms. The molecule has 154 valence electrons. The van der Waals surface area contributed by atoms with Crippen LogP contribution in [0.1, 0.15) is 0 Å². The summed E-state index contributed by atoms with van der Waals surface area (Å²) in [4.78, 5) is 7.30. The van der Waals surface area contributed by atoms with E-state index in [9.17, 15) is 21.6 Å². The molecule has 0 saturated heterocycles. The number of hydrogen-bond acceptors (Lipinski definition) is 6. The highest BCUT2D eigenvalue weighted by molar-refractivity contribution is 7.93. The Hall–Kier alpha value is -2.79. The van der Waals surface area contributed by atoms with Crippen molar-refractivity contribution in [1.82, 2.24) is 9.97 Å². The summed E-state index contributed by atoms with van der Waals surface area (Å²) < 4.78 is 76.0. The lowest BCUT2D eigenvalue weighted by Crippen LogP contribution is -2.16. The zero-order valence-corrected chi connectivity index (χ0v) is 16.3. The van der Waals surface area contributed by atoms with Crippen LogP contribution >= 0.6 is 11.6 Å². The quantitative estimate of drug-likeness (QED) is 0.591. The van der Waals surface area contributed by atoms with Crippen molar-refractivity contribution in [3.63, 3.8) is 0 Å². The molecule has 0 radical (unpaired) electrons. The highest BCUT2D eigenvalue weighted by Gasteiger charge is 2.23. The van der Waals surface area contributed by atoms with Crippen molar-refractivity contribution in [3.05, 3.63) is 47.5 Å². The Labute approximate surface area is 168 Å². The summed E-state index contributed by atoms with van der Waals surface area (Å²) in [5, 5.41) is 1.21. The first kappa shape index (κ1) is 20.9. The summed E-state index contributed by atoms with van der Waals surface area (Å²) in [6.45, 7) is -1.08. The fourth-order valence-electron chi connectivity index (χ4n) is 2.46. The van der Waals surface area contributed by atoms with Crippen LogP contribution < -0.4 is 14.2 Å². The number of pyridine rings is 2. The van der Waals surface area contributed by atoms with Gasteiger partial charge in [0.15, 0.2) is 12.4 Å². The second-order valence-electron chi connectivity index (χ2n) is 5.64. The van der Waals surface area contributed by atoms with Crippen LogP contribution in [0.25, 0.3) is 10.8 Å². The molecule has 3 aromatic rings. The molecule has 0 bridgehead atoms. The number of hydrogen-bond donors (Lipinski definition) is 1. The van der Waals surface area contributed by atoms with Crippen LogP contribution in [0.5, 0.6) is 11.8 Å². The number of rotatable bonds is 7. The first-order valence-corrected chi connectivity index (χ1v) is 9.79. The molecule has 0 spiro atoms. The van der Waals surface area contributed by atoms with Crippen LogP contribution in [0, 0.1) is 5.82 Å². The third kappa shape index (κ3) is 4.62. The normalized spacial score (nSPS) is 11.7. The molecule has 0 unspecified atom stereocenters. The lowest BCUT2D eigenvalue weighted by Gasteiger charge is -2.14. The molecule has 29 heavy (non-hydrogen) atoms. The Morgan fingerprint density at radius 1 is 1.21 bits per heavy atom. The summed E-state index contributed by atoms with van der Waals surface area (Å²) >= 11 is 5.91. The van der Waals surface area contributed by atoms with Crippen LogP contribution in [-0.2, 0) is 10.0 Å². The van der Waals surface area contributed by atoms with Gasteiger partial charge in [-0.15, -0.1) is 0 Å². The number of aromatic nitrogens is 2. The standard InChI is InChI=1S/C17H13ClF3N3O4S/c1-27-17-13(5-12(19)16(23-17)28-8-15(20)21)24-29(25,26)14-7-22-6-9-4-10(18)2-3-11(9)14/h2-7,15,24H,8H2,1H3. The molecule has 1 aromatic carbocycles. The maximum absolute atomic E-state index is 14.1. The van der Waals surface area contributed by atoms with E-state index in [1.54, 1.807) is 6.07 Å². The predicted octanol–water partition coefficient (Wildman–Crippen LogP) is 3.88. The monoisotopic (exact) mass is 447 g/mol. The van der Waals surface area contributed by atoms with Gasteiger partial charge in [0, 0.05) is 34.3 Å². The summed E-state index contributed by atoms with van der Waals surface area (Å²) in [7, 11) is -3.09. The second-order valence-corrected chi connectivity index (χ2v) is 7.73. The molecule has 0 atom stereocenters.